The van der Waals surface area contributed by atoms with E-state index in [1.54, 1.807) is 6.20 Å². The molecule has 0 aliphatic heterocycles. The summed E-state index contributed by atoms with van der Waals surface area (Å²) in [6.07, 6.45) is 5.64. The largest absolute Gasteiger partial charge is 0.448 e. The van der Waals surface area contributed by atoms with Crippen LogP contribution in [0.2, 0.25) is 0 Å². The Bertz CT molecular complexity index is 611. The number of hydrogen-bond donors (Lipinski definition) is 1. The number of anilines is 1. The molecule has 0 spiro atoms. The van der Waals surface area contributed by atoms with E-state index < -0.39 is 0 Å². The Morgan fingerprint density at radius 2 is 2.10 bits per heavy atom. The molecule has 21 heavy (non-hydrogen) atoms. The van der Waals surface area contributed by atoms with E-state index in [4.69, 9.17) is 4.42 Å². The Labute approximate surface area is 124 Å². The van der Waals surface area contributed by atoms with E-state index in [0.29, 0.717) is 17.9 Å². The van der Waals surface area contributed by atoms with Gasteiger partial charge in [-0.2, -0.15) is 5.10 Å². The van der Waals surface area contributed by atoms with Crippen LogP contribution in [0.15, 0.2) is 17.0 Å². The first kappa shape index (κ1) is 15.3. The maximum absolute atomic E-state index is 12.4. The zero-order valence-electron chi connectivity index (χ0n) is 13.0. The lowest BCUT2D eigenvalue weighted by atomic mass is 10.2. The first-order valence-corrected chi connectivity index (χ1v) is 7.40. The Morgan fingerprint density at radius 3 is 2.71 bits per heavy atom. The molecular weight excluding hydrogens is 268 g/mol. The number of carbonyl (C=O) groups excluding carboxylic acids is 1. The number of hydrogen-bond acceptors (Lipinski definition) is 4. The van der Waals surface area contributed by atoms with Gasteiger partial charge in [-0.3, -0.25) is 4.79 Å². The molecule has 0 aliphatic carbocycles. The molecule has 6 heteroatoms. The SMILES string of the molecule is CCc1ocnc1C(=O)Nc1c(C)cnn1C(CC)CC. The van der Waals surface area contributed by atoms with Crippen LogP contribution in [0.5, 0.6) is 0 Å². The van der Waals surface area contributed by atoms with Crippen molar-refractivity contribution in [2.45, 2.75) is 53.0 Å². The van der Waals surface area contributed by atoms with Gasteiger partial charge in [-0.25, -0.2) is 9.67 Å². The van der Waals surface area contributed by atoms with Gasteiger partial charge in [0, 0.05) is 12.0 Å². The van der Waals surface area contributed by atoms with Crippen molar-refractivity contribution < 1.29 is 9.21 Å². The van der Waals surface area contributed by atoms with Gasteiger partial charge in [-0.05, 0) is 19.8 Å². The maximum Gasteiger partial charge on any atom is 0.279 e. The molecular formula is C15H22N4O2. The molecule has 0 bridgehead atoms. The lowest BCUT2D eigenvalue weighted by Gasteiger charge is -2.17. The summed E-state index contributed by atoms with van der Waals surface area (Å²) in [6, 6.07) is 0.275. The van der Waals surface area contributed by atoms with Gasteiger partial charge >= 0.3 is 0 Å². The summed E-state index contributed by atoms with van der Waals surface area (Å²) in [5.74, 6) is 1.08. The summed E-state index contributed by atoms with van der Waals surface area (Å²) in [4.78, 5) is 16.4. The van der Waals surface area contributed by atoms with Crippen LogP contribution in [-0.4, -0.2) is 20.7 Å². The number of nitrogens with zero attached hydrogens (tertiary/aromatic N) is 3. The topological polar surface area (TPSA) is 73.0 Å². The number of oxazole rings is 1. The predicted octanol–water partition coefficient (Wildman–Crippen LogP) is 3.36. The predicted molar refractivity (Wildman–Crippen MR) is 80.4 cm³/mol. The maximum atomic E-state index is 12.4. The highest BCUT2D eigenvalue weighted by molar-refractivity contribution is 6.03. The van der Waals surface area contributed by atoms with Gasteiger partial charge in [0.05, 0.1) is 12.2 Å². The van der Waals surface area contributed by atoms with E-state index in [9.17, 15) is 4.79 Å². The third-order valence-electron chi connectivity index (χ3n) is 3.68. The van der Waals surface area contributed by atoms with Crippen LogP contribution in [0.1, 0.15) is 61.5 Å². The van der Waals surface area contributed by atoms with Crippen molar-refractivity contribution in [2.24, 2.45) is 0 Å². The second-order valence-electron chi connectivity index (χ2n) is 5.02. The Morgan fingerprint density at radius 1 is 1.38 bits per heavy atom. The number of rotatable bonds is 6. The van der Waals surface area contributed by atoms with E-state index in [1.807, 2.05) is 18.5 Å². The Balaban J connectivity index is 2.27. The molecule has 0 atom stereocenters. The summed E-state index contributed by atoms with van der Waals surface area (Å²) in [7, 11) is 0. The zero-order valence-corrected chi connectivity index (χ0v) is 13.0. The first-order chi connectivity index (χ1) is 10.1. The minimum Gasteiger partial charge on any atom is -0.448 e. The summed E-state index contributed by atoms with van der Waals surface area (Å²) in [5.41, 5.74) is 1.28. The van der Waals surface area contributed by atoms with E-state index in [1.165, 1.54) is 6.39 Å². The van der Waals surface area contributed by atoms with Crippen LogP contribution in [0.4, 0.5) is 5.82 Å². The monoisotopic (exact) mass is 290 g/mol. The van der Waals surface area contributed by atoms with E-state index in [2.05, 4.69) is 29.2 Å². The lowest BCUT2D eigenvalue weighted by molar-refractivity contribution is 0.101. The number of aromatic nitrogens is 3. The highest BCUT2D eigenvalue weighted by Crippen LogP contribution is 2.24. The van der Waals surface area contributed by atoms with Gasteiger partial charge in [-0.15, -0.1) is 0 Å². The minimum absolute atomic E-state index is 0.253. The van der Waals surface area contributed by atoms with Crippen molar-refractivity contribution in [3.8, 4) is 0 Å². The molecule has 2 aromatic rings. The highest BCUT2D eigenvalue weighted by atomic mass is 16.3. The fourth-order valence-electron chi connectivity index (χ4n) is 2.39. The van der Waals surface area contributed by atoms with Crippen LogP contribution < -0.4 is 5.32 Å². The average molecular weight is 290 g/mol. The third kappa shape index (κ3) is 2.99. The van der Waals surface area contributed by atoms with E-state index in [-0.39, 0.29) is 11.9 Å². The molecule has 0 saturated heterocycles. The molecule has 0 radical (unpaired) electrons. The van der Waals surface area contributed by atoms with E-state index in [0.717, 1.165) is 24.2 Å². The molecule has 114 valence electrons. The van der Waals surface area contributed by atoms with Crippen molar-refractivity contribution in [1.82, 2.24) is 14.8 Å². The number of aryl methyl sites for hydroxylation is 2. The van der Waals surface area contributed by atoms with Crippen molar-refractivity contribution in [2.75, 3.05) is 5.32 Å². The number of carbonyl (C=O) groups is 1. The van der Waals surface area contributed by atoms with Gasteiger partial charge in [0.1, 0.15) is 11.6 Å². The Hall–Kier alpha value is -2.11. The Kier molecular flexibility index (Phi) is 4.77. The average Bonchev–Trinajstić information content (AvgIpc) is 3.09. The molecule has 0 saturated carbocycles. The van der Waals surface area contributed by atoms with Gasteiger partial charge in [0.25, 0.3) is 5.91 Å². The quantitative estimate of drug-likeness (QED) is 0.885. The molecule has 2 rings (SSSR count). The summed E-state index contributed by atoms with van der Waals surface area (Å²) < 4.78 is 7.10. The molecule has 1 N–H and O–H groups in total. The van der Waals surface area contributed by atoms with Crippen molar-refractivity contribution in [1.29, 1.82) is 0 Å². The third-order valence-corrected chi connectivity index (χ3v) is 3.68. The van der Waals surface area contributed by atoms with E-state index >= 15 is 0 Å². The van der Waals surface area contributed by atoms with Gasteiger partial charge < -0.3 is 9.73 Å². The van der Waals surface area contributed by atoms with Crippen LogP contribution in [0.3, 0.4) is 0 Å². The molecule has 1 amide bonds. The van der Waals surface area contributed by atoms with Gasteiger partial charge in [0.2, 0.25) is 0 Å². The zero-order chi connectivity index (χ0) is 15.4. The van der Waals surface area contributed by atoms with Crippen LogP contribution >= 0.6 is 0 Å². The van der Waals surface area contributed by atoms with Crippen molar-refractivity contribution in [3.05, 3.63) is 29.6 Å². The smallest absolute Gasteiger partial charge is 0.279 e. The normalized spacial score (nSPS) is 11.1. The summed E-state index contributed by atoms with van der Waals surface area (Å²) in [6.45, 7) is 8.09. The molecule has 6 nitrogen and oxygen atoms in total. The van der Waals surface area contributed by atoms with Crippen molar-refractivity contribution in [3.63, 3.8) is 0 Å². The summed E-state index contributed by atoms with van der Waals surface area (Å²) >= 11 is 0. The van der Waals surface area contributed by atoms with Crippen LogP contribution in [0.25, 0.3) is 0 Å². The molecule has 0 fully saturated rings. The molecule has 2 heterocycles. The van der Waals surface area contributed by atoms with Crippen LogP contribution in [-0.2, 0) is 6.42 Å². The fraction of sp³-hybridized carbons (Fsp3) is 0.533. The number of nitrogens with one attached hydrogen (secondary N) is 1. The van der Waals surface area contributed by atoms with Gasteiger partial charge in [-0.1, -0.05) is 20.8 Å². The molecule has 0 unspecified atom stereocenters. The molecule has 2 aromatic heterocycles. The van der Waals surface area contributed by atoms with Crippen molar-refractivity contribution >= 4 is 11.7 Å². The lowest BCUT2D eigenvalue weighted by Crippen LogP contribution is -2.20. The van der Waals surface area contributed by atoms with Crippen LogP contribution in [0, 0.1) is 6.92 Å². The summed E-state index contributed by atoms with van der Waals surface area (Å²) in [5, 5.41) is 7.32. The second kappa shape index (κ2) is 6.56. The second-order valence-corrected chi connectivity index (χ2v) is 5.02. The molecule has 0 aromatic carbocycles. The first-order valence-electron chi connectivity index (χ1n) is 7.40. The minimum atomic E-state index is -0.253. The standard InChI is InChI=1S/C15H22N4O2/c1-5-11(6-2)19-14(10(4)8-17-19)18-15(20)13-12(7-3)21-9-16-13/h8-9,11H,5-7H2,1-4H3,(H,18,20). The molecule has 0 aliphatic rings. The highest BCUT2D eigenvalue weighted by Gasteiger charge is 2.20. The number of amides is 1. The fourth-order valence-corrected chi connectivity index (χ4v) is 2.39. The van der Waals surface area contributed by atoms with Gasteiger partial charge in [0.15, 0.2) is 12.1 Å².